The number of esters is 1. The van der Waals surface area contributed by atoms with Gasteiger partial charge in [-0.05, 0) is 69.0 Å². The van der Waals surface area contributed by atoms with Crippen molar-refractivity contribution < 1.29 is 17.9 Å². The number of nitrogens with zero attached hydrogens (tertiary/aromatic N) is 3. The third-order valence-corrected chi connectivity index (χ3v) is 8.08. The maximum Gasteiger partial charge on any atom is 0.338 e. The van der Waals surface area contributed by atoms with Crippen LogP contribution in [-0.2, 0) is 34.1 Å². The highest BCUT2D eigenvalue weighted by atomic mass is 32.2. The Balaban J connectivity index is 1.49. The van der Waals surface area contributed by atoms with Gasteiger partial charge in [0, 0.05) is 26.1 Å². The summed E-state index contributed by atoms with van der Waals surface area (Å²) < 4.78 is 34.6. The van der Waals surface area contributed by atoms with Crippen LogP contribution in [0.2, 0.25) is 0 Å². The van der Waals surface area contributed by atoms with Gasteiger partial charge >= 0.3 is 5.97 Å². The number of piperidine rings is 1. The van der Waals surface area contributed by atoms with Crippen LogP contribution in [0.5, 0.6) is 0 Å². The van der Waals surface area contributed by atoms with E-state index in [9.17, 15) is 13.2 Å². The second-order valence-electron chi connectivity index (χ2n) is 8.30. The molecule has 8 heteroatoms. The van der Waals surface area contributed by atoms with Crippen molar-refractivity contribution in [3.8, 4) is 0 Å². The van der Waals surface area contributed by atoms with Crippen molar-refractivity contribution in [3.05, 3.63) is 59.4 Å². The Morgan fingerprint density at radius 1 is 1.00 bits per heavy atom. The molecule has 1 aliphatic heterocycles. The van der Waals surface area contributed by atoms with Crippen molar-refractivity contribution in [2.75, 3.05) is 19.7 Å². The molecule has 1 aliphatic rings. The number of sulfonamides is 1. The van der Waals surface area contributed by atoms with Gasteiger partial charge in [-0.3, -0.25) is 0 Å². The zero-order valence-corrected chi connectivity index (χ0v) is 20.1. The first kappa shape index (κ1) is 23.4. The van der Waals surface area contributed by atoms with Crippen molar-refractivity contribution in [3.63, 3.8) is 0 Å². The number of carbonyl (C=O) groups is 1. The summed E-state index contributed by atoms with van der Waals surface area (Å²) in [7, 11) is -3.41. The molecule has 0 aliphatic carbocycles. The van der Waals surface area contributed by atoms with Crippen molar-refractivity contribution in [2.24, 2.45) is 0 Å². The number of imidazole rings is 1. The number of hydrogen-bond acceptors (Lipinski definition) is 5. The second-order valence-corrected chi connectivity index (χ2v) is 10.2. The molecule has 0 amide bonds. The van der Waals surface area contributed by atoms with Crippen LogP contribution in [0.3, 0.4) is 0 Å². The van der Waals surface area contributed by atoms with Crippen molar-refractivity contribution in [2.45, 2.75) is 57.4 Å². The number of aryl methyl sites for hydroxylation is 3. The van der Waals surface area contributed by atoms with E-state index in [0.29, 0.717) is 30.2 Å². The van der Waals surface area contributed by atoms with Crippen LogP contribution in [0, 0.1) is 0 Å². The van der Waals surface area contributed by atoms with Crippen LogP contribution in [0.25, 0.3) is 11.0 Å². The molecule has 3 aromatic rings. The van der Waals surface area contributed by atoms with E-state index >= 15 is 0 Å². The molecule has 0 radical (unpaired) electrons. The number of benzene rings is 2. The zero-order chi connectivity index (χ0) is 23.4. The van der Waals surface area contributed by atoms with Crippen molar-refractivity contribution in [1.82, 2.24) is 13.9 Å². The number of hydrogen-bond donors (Lipinski definition) is 0. The first-order valence-electron chi connectivity index (χ1n) is 11.7. The summed E-state index contributed by atoms with van der Waals surface area (Å²) in [6.45, 7) is 6.19. The van der Waals surface area contributed by atoms with Gasteiger partial charge in [0.2, 0.25) is 10.0 Å². The van der Waals surface area contributed by atoms with E-state index in [1.165, 1.54) is 0 Å². The van der Waals surface area contributed by atoms with E-state index in [2.05, 4.69) is 11.5 Å². The largest absolute Gasteiger partial charge is 0.462 e. The highest BCUT2D eigenvalue weighted by Crippen LogP contribution is 2.23. The summed E-state index contributed by atoms with van der Waals surface area (Å²) in [5, 5.41) is 0. The van der Waals surface area contributed by atoms with E-state index < -0.39 is 10.0 Å². The molecule has 0 atom stereocenters. The Morgan fingerprint density at radius 2 is 1.73 bits per heavy atom. The molecule has 0 unspecified atom stereocenters. The fourth-order valence-corrected chi connectivity index (χ4v) is 5.92. The fourth-order valence-electron chi connectivity index (χ4n) is 4.40. The van der Waals surface area contributed by atoms with E-state index in [1.807, 2.05) is 18.2 Å². The molecule has 0 spiro atoms. The van der Waals surface area contributed by atoms with E-state index in [0.717, 1.165) is 61.1 Å². The average molecular weight is 470 g/mol. The van der Waals surface area contributed by atoms with Crippen LogP contribution in [-0.4, -0.2) is 47.9 Å². The number of rotatable bonds is 8. The third-order valence-electron chi connectivity index (χ3n) is 6.17. The molecule has 7 nitrogen and oxygen atoms in total. The lowest BCUT2D eigenvalue weighted by molar-refractivity contribution is 0.0526. The lowest BCUT2D eigenvalue weighted by Gasteiger charge is -2.25. The van der Waals surface area contributed by atoms with Crippen LogP contribution in [0.4, 0.5) is 0 Å². The van der Waals surface area contributed by atoms with Gasteiger partial charge in [0.1, 0.15) is 5.82 Å². The standard InChI is InChI=1S/C25H31N3O4S/c1-3-28-23-14-11-20(25(29)32-4-2)18-22(23)26-24(28)15-10-19-8-12-21(13-9-19)33(30,31)27-16-6-5-7-17-27/h8-9,11-14,18H,3-7,10,15-17H2,1-2H3. The molecule has 0 saturated carbocycles. The van der Waals surface area contributed by atoms with Gasteiger partial charge in [-0.15, -0.1) is 0 Å². The smallest absolute Gasteiger partial charge is 0.338 e. The van der Waals surface area contributed by atoms with Gasteiger partial charge in [-0.1, -0.05) is 18.6 Å². The SMILES string of the molecule is CCOC(=O)c1ccc2c(c1)nc(CCc1ccc(S(=O)(=O)N3CCCCC3)cc1)n2CC. The Kier molecular flexibility index (Phi) is 7.14. The maximum atomic E-state index is 12.9. The summed E-state index contributed by atoms with van der Waals surface area (Å²) in [5.74, 6) is 0.602. The summed E-state index contributed by atoms with van der Waals surface area (Å²) in [5.41, 5.74) is 3.33. The van der Waals surface area contributed by atoms with Crippen LogP contribution in [0.1, 0.15) is 54.9 Å². The molecule has 1 saturated heterocycles. The summed E-state index contributed by atoms with van der Waals surface area (Å²) in [6.07, 6.45) is 4.42. The molecular weight excluding hydrogens is 438 g/mol. The van der Waals surface area contributed by atoms with Crippen molar-refractivity contribution >= 4 is 27.0 Å². The van der Waals surface area contributed by atoms with Gasteiger partial charge < -0.3 is 9.30 Å². The number of aromatic nitrogens is 2. The Hall–Kier alpha value is -2.71. The molecule has 176 valence electrons. The predicted molar refractivity (Wildman–Crippen MR) is 128 cm³/mol. The molecule has 1 aromatic heterocycles. The maximum absolute atomic E-state index is 12.9. The van der Waals surface area contributed by atoms with Gasteiger partial charge in [-0.25, -0.2) is 18.2 Å². The fraction of sp³-hybridized carbons (Fsp3) is 0.440. The zero-order valence-electron chi connectivity index (χ0n) is 19.3. The van der Waals surface area contributed by atoms with E-state index in [1.54, 1.807) is 35.5 Å². The highest BCUT2D eigenvalue weighted by Gasteiger charge is 2.25. The van der Waals surface area contributed by atoms with Gasteiger partial charge in [0.05, 0.1) is 28.1 Å². The summed E-state index contributed by atoms with van der Waals surface area (Å²) in [4.78, 5) is 17.2. The molecule has 2 aromatic carbocycles. The lowest BCUT2D eigenvalue weighted by atomic mass is 10.1. The van der Waals surface area contributed by atoms with E-state index in [4.69, 9.17) is 9.72 Å². The monoisotopic (exact) mass is 469 g/mol. The van der Waals surface area contributed by atoms with Gasteiger partial charge in [-0.2, -0.15) is 4.31 Å². The average Bonchev–Trinajstić information content (AvgIpc) is 3.20. The number of fused-ring (bicyclic) bond motifs is 1. The van der Waals surface area contributed by atoms with E-state index in [-0.39, 0.29) is 5.97 Å². The van der Waals surface area contributed by atoms with Crippen LogP contribution in [0.15, 0.2) is 47.4 Å². The van der Waals surface area contributed by atoms with Crippen molar-refractivity contribution in [1.29, 1.82) is 0 Å². The molecule has 33 heavy (non-hydrogen) atoms. The van der Waals surface area contributed by atoms with Crippen LogP contribution >= 0.6 is 0 Å². The molecule has 2 heterocycles. The Bertz CT molecular complexity index is 1230. The summed E-state index contributed by atoms with van der Waals surface area (Å²) >= 11 is 0. The second kappa shape index (κ2) is 10.1. The quantitative estimate of drug-likeness (QED) is 0.462. The lowest BCUT2D eigenvalue weighted by Crippen LogP contribution is -2.35. The highest BCUT2D eigenvalue weighted by molar-refractivity contribution is 7.89. The molecular formula is C25H31N3O4S. The molecule has 1 fully saturated rings. The Labute approximate surface area is 195 Å². The Morgan fingerprint density at radius 3 is 2.39 bits per heavy atom. The minimum absolute atomic E-state index is 0.337. The molecule has 0 bridgehead atoms. The minimum atomic E-state index is -3.41. The first-order chi connectivity index (χ1) is 15.9. The third kappa shape index (κ3) is 4.96. The topological polar surface area (TPSA) is 81.5 Å². The van der Waals surface area contributed by atoms with Gasteiger partial charge in [0.25, 0.3) is 0 Å². The normalized spacial score (nSPS) is 15.1. The first-order valence-corrected chi connectivity index (χ1v) is 13.1. The minimum Gasteiger partial charge on any atom is -0.462 e. The number of carbonyl (C=O) groups excluding carboxylic acids is 1. The molecule has 0 N–H and O–H groups in total. The predicted octanol–water partition coefficient (Wildman–Crippen LogP) is 4.19. The summed E-state index contributed by atoms with van der Waals surface area (Å²) in [6, 6.07) is 12.7. The number of ether oxygens (including phenoxy) is 1. The van der Waals surface area contributed by atoms with Crippen LogP contribution < -0.4 is 0 Å². The molecule has 4 rings (SSSR count). The van der Waals surface area contributed by atoms with Gasteiger partial charge in [0.15, 0.2) is 0 Å².